The summed E-state index contributed by atoms with van der Waals surface area (Å²) in [5.74, 6) is -0.369. The van der Waals surface area contributed by atoms with Gasteiger partial charge in [-0.15, -0.1) is 0 Å². The average Bonchev–Trinajstić information content (AvgIpc) is 2.39. The van der Waals surface area contributed by atoms with E-state index in [1.54, 1.807) is 6.92 Å². The summed E-state index contributed by atoms with van der Waals surface area (Å²) in [5.41, 5.74) is 3.31. The lowest BCUT2D eigenvalue weighted by atomic mass is 9.94. The maximum Gasteiger partial charge on any atom is 0.268 e. The summed E-state index contributed by atoms with van der Waals surface area (Å²) in [4.78, 5) is 0. The standard InChI is InChI=1S/C16H16O3S/c1-13(12-20(17,18)19)16(14-8-4-2-5-9-14)15-10-6-3-7-11-15/h2-11H,12H2,1H3,(H,17,18,19). The molecule has 2 aromatic carbocycles. The van der Waals surface area contributed by atoms with E-state index in [9.17, 15) is 8.42 Å². The zero-order chi connectivity index (χ0) is 14.6. The quantitative estimate of drug-likeness (QED) is 0.877. The molecule has 0 fully saturated rings. The van der Waals surface area contributed by atoms with Gasteiger partial charge in [0, 0.05) is 0 Å². The molecule has 0 saturated heterocycles. The third kappa shape index (κ3) is 3.79. The molecular weight excluding hydrogens is 272 g/mol. The summed E-state index contributed by atoms with van der Waals surface area (Å²) < 4.78 is 31.3. The third-order valence-electron chi connectivity index (χ3n) is 2.95. The van der Waals surface area contributed by atoms with E-state index in [-0.39, 0.29) is 5.75 Å². The van der Waals surface area contributed by atoms with Crippen LogP contribution >= 0.6 is 0 Å². The molecule has 3 nitrogen and oxygen atoms in total. The molecule has 104 valence electrons. The molecule has 0 heterocycles. The van der Waals surface area contributed by atoms with E-state index in [1.807, 2.05) is 60.7 Å². The van der Waals surface area contributed by atoms with E-state index in [0.717, 1.165) is 16.7 Å². The molecule has 0 bridgehead atoms. The van der Waals surface area contributed by atoms with Gasteiger partial charge >= 0.3 is 0 Å². The van der Waals surface area contributed by atoms with E-state index < -0.39 is 10.1 Å². The number of hydrogen-bond acceptors (Lipinski definition) is 2. The summed E-state index contributed by atoms with van der Waals surface area (Å²) in [6, 6.07) is 19.1. The summed E-state index contributed by atoms with van der Waals surface area (Å²) >= 11 is 0. The average molecular weight is 288 g/mol. The lowest BCUT2D eigenvalue weighted by Crippen LogP contribution is -2.07. The molecular formula is C16H16O3S. The third-order valence-corrected chi connectivity index (χ3v) is 3.75. The van der Waals surface area contributed by atoms with Crippen LogP contribution in [0.1, 0.15) is 18.1 Å². The maximum atomic E-state index is 11.1. The number of rotatable bonds is 4. The number of benzene rings is 2. The van der Waals surface area contributed by atoms with Crippen molar-refractivity contribution < 1.29 is 13.0 Å². The summed E-state index contributed by atoms with van der Waals surface area (Å²) in [6.07, 6.45) is 0. The van der Waals surface area contributed by atoms with Gasteiger partial charge < -0.3 is 0 Å². The fourth-order valence-electron chi connectivity index (χ4n) is 2.21. The Morgan fingerprint density at radius 3 is 1.65 bits per heavy atom. The zero-order valence-corrected chi connectivity index (χ0v) is 12.0. The van der Waals surface area contributed by atoms with Crippen molar-refractivity contribution >= 4 is 15.7 Å². The molecule has 4 heteroatoms. The minimum absolute atomic E-state index is 0.369. The molecule has 0 unspecified atom stereocenters. The molecule has 2 rings (SSSR count). The Kier molecular flexibility index (Phi) is 4.37. The topological polar surface area (TPSA) is 54.4 Å². The first-order chi connectivity index (χ1) is 9.47. The predicted molar refractivity (Wildman–Crippen MR) is 81.0 cm³/mol. The lowest BCUT2D eigenvalue weighted by Gasteiger charge is -2.12. The molecule has 0 amide bonds. The van der Waals surface area contributed by atoms with Gasteiger partial charge in [0.2, 0.25) is 0 Å². The van der Waals surface area contributed by atoms with Crippen LogP contribution in [0.25, 0.3) is 5.57 Å². The lowest BCUT2D eigenvalue weighted by molar-refractivity contribution is 0.486. The summed E-state index contributed by atoms with van der Waals surface area (Å²) in [5, 5.41) is 0. The van der Waals surface area contributed by atoms with E-state index in [1.165, 1.54) is 0 Å². The monoisotopic (exact) mass is 288 g/mol. The zero-order valence-electron chi connectivity index (χ0n) is 11.2. The minimum atomic E-state index is -4.04. The van der Waals surface area contributed by atoms with Gasteiger partial charge in [-0.05, 0) is 29.2 Å². The largest absolute Gasteiger partial charge is 0.285 e. The minimum Gasteiger partial charge on any atom is -0.285 e. The molecule has 20 heavy (non-hydrogen) atoms. The second-order valence-corrected chi connectivity index (χ2v) is 6.07. The summed E-state index contributed by atoms with van der Waals surface area (Å²) in [6.45, 7) is 1.73. The molecule has 0 aromatic heterocycles. The van der Waals surface area contributed by atoms with Crippen molar-refractivity contribution in [3.05, 3.63) is 77.4 Å². The van der Waals surface area contributed by atoms with E-state index in [2.05, 4.69) is 0 Å². The van der Waals surface area contributed by atoms with Crippen molar-refractivity contribution in [3.8, 4) is 0 Å². The van der Waals surface area contributed by atoms with Gasteiger partial charge in [0.05, 0.1) is 5.75 Å². The Morgan fingerprint density at radius 2 is 1.30 bits per heavy atom. The molecule has 0 spiro atoms. The van der Waals surface area contributed by atoms with Crippen molar-refractivity contribution in [1.82, 2.24) is 0 Å². The van der Waals surface area contributed by atoms with Crippen molar-refractivity contribution in [2.45, 2.75) is 6.92 Å². The Bertz CT molecular complexity index is 660. The first-order valence-corrected chi connectivity index (χ1v) is 7.84. The molecule has 0 atom stereocenters. The Morgan fingerprint density at radius 1 is 0.900 bits per heavy atom. The van der Waals surface area contributed by atoms with Gasteiger partial charge in [-0.25, -0.2) is 0 Å². The van der Waals surface area contributed by atoms with Crippen molar-refractivity contribution in [2.75, 3.05) is 5.75 Å². The smallest absolute Gasteiger partial charge is 0.268 e. The van der Waals surface area contributed by atoms with Crippen LogP contribution < -0.4 is 0 Å². The second kappa shape index (κ2) is 6.03. The van der Waals surface area contributed by atoms with Crippen LogP contribution in [0.4, 0.5) is 0 Å². The van der Waals surface area contributed by atoms with E-state index >= 15 is 0 Å². The first kappa shape index (κ1) is 14.5. The van der Waals surface area contributed by atoms with Crippen molar-refractivity contribution in [1.29, 1.82) is 0 Å². The molecule has 1 N–H and O–H groups in total. The fourth-order valence-corrected chi connectivity index (χ4v) is 2.91. The summed E-state index contributed by atoms with van der Waals surface area (Å²) in [7, 11) is -4.04. The van der Waals surface area contributed by atoms with Gasteiger partial charge in [0.25, 0.3) is 10.1 Å². The van der Waals surface area contributed by atoms with Gasteiger partial charge in [-0.3, -0.25) is 4.55 Å². The van der Waals surface area contributed by atoms with Crippen LogP contribution in [0.2, 0.25) is 0 Å². The Labute approximate surface area is 119 Å². The van der Waals surface area contributed by atoms with Crippen molar-refractivity contribution in [2.24, 2.45) is 0 Å². The van der Waals surface area contributed by atoms with Gasteiger partial charge in [-0.2, -0.15) is 8.42 Å². The fraction of sp³-hybridized carbons (Fsp3) is 0.125. The molecule has 0 saturated carbocycles. The highest BCUT2D eigenvalue weighted by Crippen LogP contribution is 2.27. The van der Waals surface area contributed by atoms with Gasteiger partial charge in [-0.1, -0.05) is 60.7 Å². The highest BCUT2D eigenvalue weighted by molar-refractivity contribution is 7.86. The Hall–Kier alpha value is -1.91. The molecule has 0 radical (unpaired) electrons. The van der Waals surface area contributed by atoms with Crippen LogP contribution in [-0.2, 0) is 10.1 Å². The molecule has 0 aliphatic carbocycles. The van der Waals surface area contributed by atoms with Crippen LogP contribution in [0.15, 0.2) is 66.2 Å². The molecule has 0 aliphatic heterocycles. The van der Waals surface area contributed by atoms with Gasteiger partial charge in [0.1, 0.15) is 0 Å². The van der Waals surface area contributed by atoms with E-state index in [4.69, 9.17) is 4.55 Å². The van der Waals surface area contributed by atoms with Crippen LogP contribution in [0.5, 0.6) is 0 Å². The molecule has 0 aliphatic rings. The maximum absolute atomic E-state index is 11.1. The van der Waals surface area contributed by atoms with Crippen molar-refractivity contribution in [3.63, 3.8) is 0 Å². The highest BCUT2D eigenvalue weighted by atomic mass is 32.2. The van der Waals surface area contributed by atoms with E-state index in [0.29, 0.717) is 5.57 Å². The van der Waals surface area contributed by atoms with Crippen LogP contribution in [-0.4, -0.2) is 18.7 Å². The Balaban J connectivity index is 2.59. The SMILES string of the molecule is CC(CS(=O)(=O)O)=C(c1ccccc1)c1ccccc1. The van der Waals surface area contributed by atoms with Gasteiger partial charge in [0.15, 0.2) is 0 Å². The first-order valence-electron chi connectivity index (χ1n) is 6.23. The predicted octanol–water partition coefficient (Wildman–Crippen LogP) is 3.40. The normalized spacial score (nSPS) is 11.1. The second-order valence-electron chi connectivity index (χ2n) is 4.61. The van der Waals surface area contributed by atoms with Crippen LogP contribution in [0, 0.1) is 0 Å². The number of hydrogen-bond donors (Lipinski definition) is 1. The highest BCUT2D eigenvalue weighted by Gasteiger charge is 2.13. The van der Waals surface area contributed by atoms with Crippen LogP contribution in [0.3, 0.4) is 0 Å². The molecule has 2 aromatic rings.